The van der Waals surface area contributed by atoms with Gasteiger partial charge in [0.2, 0.25) is 0 Å². The average Bonchev–Trinajstić information content (AvgIpc) is 3.49. The quantitative estimate of drug-likeness (QED) is 0.519. The van der Waals surface area contributed by atoms with E-state index in [2.05, 4.69) is 34.1 Å². The summed E-state index contributed by atoms with van der Waals surface area (Å²) >= 11 is 0. The molecule has 31 heavy (non-hydrogen) atoms. The second kappa shape index (κ2) is 9.82. The lowest BCUT2D eigenvalue weighted by Crippen LogP contribution is -2.34. The van der Waals surface area contributed by atoms with Crippen molar-refractivity contribution in [2.45, 2.75) is 77.5 Å². The van der Waals surface area contributed by atoms with Crippen LogP contribution in [0.2, 0.25) is 0 Å². The molecule has 1 aliphatic carbocycles. The zero-order chi connectivity index (χ0) is 22.5. The van der Waals surface area contributed by atoms with Crippen LogP contribution in [-0.2, 0) is 20.8 Å². The molecule has 3 rings (SSSR count). The van der Waals surface area contributed by atoms with E-state index >= 15 is 0 Å². The van der Waals surface area contributed by atoms with Crippen molar-refractivity contribution in [1.82, 2.24) is 25.0 Å². The Bertz CT molecular complexity index is 913. The number of H-pyrrole nitrogens is 1. The number of ether oxygens (including phenoxy) is 2. The monoisotopic (exact) mass is 431 g/mol. The van der Waals surface area contributed by atoms with Gasteiger partial charge in [-0.15, -0.1) is 5.10 Å². The molecule has 1 aliphatic rings. The van der Waals surface area contributed by atoms with Crippen molar-refractivity contribution < 1.29 is 14.3 Å². The zero-order valence-electron chi connectivity index (χ0n) is 18.9. The first kappa shape index (κ1) is 23.3. The molecule has 1 N–H and O–H groups in total. The minimum atomic E-state index is -0.398. The molecule has 9 heteroatoms. The normalized spacial score (nSPS) is 16.3. The maximum Gasteiger partial charge on any atom is 0.344 e. The van der Waals surface area contributed by atoms with Crippen LogP contribution in [0.3, 0.4) is 0 Å². The van der Waals surface area contributed by atoms with E-state index < -0.39 is 11.3 Å². The maximum atomic E-state index is 11.9. The first-order valence-electron chi connectivity index (χ1n) is 11.0. The zero-order valence-corrected chi connectivity index (χ0v) is 18.9. The highest BCUT2D eigenvalue weighted by molar-refractivity contribution is 5.84. The lowest BCUT2D eigenvalue weighted by atomic mass is 9.98. The van der Waals surface area contributed by atoms with Gasteiger partial charge in [0.05, 0.1) is 24.0 Å². The van der Waals surface area contributed by atoms with Gasteiger partial charge in [-0.2, -0.15) is 0 Å². The topological polar surface area (TPSA) is 112 Å². The third-order valence-electron chi connectivity index (χ3n) is 5.92. The van der Waals surface area contributed by atoms with E-state index in [-0.39, 0.29) is 23.9 Å². The summed E-state index contributed by atoms with van der Waals surface area (Å²) in [7, 11) is 0. The van der Waals surface area contributed by atoms with E-state index in [1.54, 1.807) is 10.9 Å². The molecule has 2 aromatic rings. The summed E-state index contributed by atoms with van der Waals surface area (Å²) in [6, 6.07) is 0. The fourth-order valence-corrected chi connectivity index (χ4v) is 3.13. The summed E-state index contributed by atoms with van der Waals surface area (Å²) in [5.74, 6) is 0.449. The van der Waals surface area contributed by atoms with E-state index in [0.717, 1.165) is 25.7 Å². The molecule has 1 saturated carbocycles. The van der Waals surface area contributed by atoms with E-state index in [9.17, 15) is 9.59 Å². The molecule has 2 heterocycles. The second-order valence-electron chi connectivity index (χ2n) is 9.12. The van der Waals surface area contributed by atoms with Gasteiger partial charge >= 0.3 is 5.69 Å². The lowest BCUT2D eigenvalue weighted by Gasteiger charge is -2.31. The molecule has 0 spiro atoms. The molecule has 1 fully saturated rings. The molecule has 0 aliphatic heterocycles. The van der Waals surface area contributed by atoms with Crippen molar-refractivity contribution in [3.8, 4) is 11.3 Å². The number of hydrogen-bond donors (Lipinski definition) is 1. The van der Waals surface area contributed by atoms with E-state index in [4.69, 9.17) is 9.47 Å². The number of nitrogens with one attached hydrogen (secondary N) is 1. The Hall–Kier alpha value is -2.39. The molecule has 0 amide bonds. The fraction of sp³-hybridized carbons (Fsp3) is 0.682. The van der Waals surface area contributed by atoms with E-state index in [1.807, 2.05) is 20.0 Å². The number of hydrogen-bond acceptors (Lipinski definition) is 7. The molecule has 1 unspecified atom stereocenters. The van der Waals surface area contributed by atoms with Gasteiger partial charge in [-0.25, -0.2) is 9.78 Å². The van der Waals surface area contributed by atoms with Crippen molar-refractivity contribution in [3.05, 3.63) is 29.1 Å². The predicted octanol–water partition coefficient (Wildman–Crippen LogP) is 2.77. The molecule has 0 bridgehead atoms. The number of Topliss-reactive ketones (excluding diaryl/α,β-unsaturated/α-hetero) is 1. The van der Waals surface area contributed by atoms with Crippen molar-refractivity contribution in [2.24, 2.45) is 5.92 Å². The minimum absolute atomic E-state index is 0.197. The van der Waals surface area contributed by atoms with E-state index in [0.29, 0.717) is 30.8 Å². The van der Waals surface area contributed by atoms with Gasteiger partial charge in [-0.05, 0) is 52.9 Å². The molecule has 0 radical (unpaired) electrons. The highest BCUT2D eigenvalue weighted by atomic mass is 16.5. The van der Waals surface area contributed by atoms with Crippen molar-refractivity contribution in [2.75, 3.05) is 13.2 Å². The van der Waals surface area contributed by atoms with Crippen LogP contribution in [0.5, 0.6) is 0 Å². The van der Waals surface area contributed by atoms with Crippen LogP contribution in [0.4, 0.5) is 0 Å². The SMILES string of the molecule is CCC(C)(CCn1cc(-c2cnc(=O)[nH]c2)nn1)OCCC(C)(C)OCC(=O)C1CC1. The Kier molecular flexibility index (Phi) is 7.38. The van der Waals surface area contributed by atoms with Crippen molar-refractivity contribution in [3.63, 3.8) is 0 Å². The highest BCUT2D eigenvalue weighted by Gasteiger charge is 2.31. The Morgan fingerprint density at radius 1 is 1.26 bits per heavy atom. The molecule has 170 valence electrons. The number of aryl methyl sites for hydroxylation is 1. The summed E-state index contributed by atoms with van der Waals surface area (Å²) in [5, 5.41) is 8.33. The molecule has 2 aromatic heterocycles. The number of aromatic nitrogens is 5. The van der Waals surface area contributed by atoms with Crippen LogP contribution < -0.4 is 5.69 Å². The second-order valence-corrected chi connectivity index (χ2v) is 9.12. The lowest BCUT2D eigenvalue weighted by molar-refractivity contribution is -0.133. The third kappa shape index (κ3) is 7.07. The van der Waals surface area contributed by atoms with Gasteiger partial charge < -0.3 is 14.5 Å². The molecule has 9 nitrogen and oxygen atoms in total. The molecule has 0 aromatic carbocycles. The fourth-order valence-electron chi connectivity index (χ4n) is 3.13. The van der Waals surface area contributed by atoms with Crippen LogP contribution >= 0.6 is 0 Å². The number of rotatable bonds is 13. The summed E-state index contributed by atoms with van der Waals surface area (Å²) < 4.78 is 13.8. The van der Waals surface area contributed by atoms with Gasteiger partial charge in [0.25, 0.3) is 0 Å². The number of nitrogens with zero attached hydrogens (tertiary/aromatic N) is 4. The first-order valence-corrected chi connectivity index (χ1v) is 11.0. The van der Waals surface area contributed by atoms with Gasteiger partial charge in [0.1, 0.15) is 12.3 Å². The smallest absolute Gasteiger partial charge is 0.344 e. The standard InChI is InChI=1S/C22H33N5O4/c1-5-22(4,30-11-9-21(2,3)31-15-19(28)16-6-7-16)8-10-27-14-18(25-26-27)17-12-23-20(29)24-13-17/h12-14,16H,5-11,15H2,1-4H3,(H,23,24,29). The Morgan fingerprint density at radius 2 is 2.03 bits per heavy atom. The summed E-state index contributed by atoms with van der Waals surface area (Å²) in [6.07, 6.45) is 9.26. The summed E-state index contributed by atoms with van der Waals surface area (Å²) in [5.41, 5.74) is 0.274. The van der Waals surface area contributed by atoms with Crippen LogP contribution in [-0.4, -0.2) is 55.2 Å². The molecular weight excluding hydrogens is 398 g/mol. The number of aromatic amines is 1. The predicted molar refractivity (Wildman–Crippen MR) is 116 cm³/mol. The van der Waals surface area contributed by atoms with Crippen LogP contribution in [0, 0.1) is 5.92 Å². The highest BCUT2D eigenvalue weighted by Crippen LogP contribution is 2.30. The molecule has 0 saturated heterocycles. The Balaban J connectivity index is 1.45. The average molecular weight is 432 g/mol. The Labute approximate surface area is 182 Å². The maximum absolute atomic E-state index is 11.9. The Morgan fingerprint density at radius 3 is 2.68 bits per heavy atom. The summed E-state index contributed by atoms with van der Waals surface area (Å²) in [6.45, 7) is 9.62. The van der Waals surface area contributed by atoms with E-state index in [1.165, 1.54) is 6.20 Å². The van der Waals surface area contributed by atoms with Gasteiger partial charge in [-0.3, -0.25) is 9.48 Å². The minimum Gasteiger partial charge on any atom is -0.375 e. The molecule has 1 atom stereocenters. The number of ketones is 1. The first-order chi connectivity index (χ1) is 14.7. The molecular formula is C22H33N5O4. The number of carbonyl (C=O) groups is 1. The summed E-state index contributed by atoms with van der Waals surface area (Å²) in [4.78, 5) is 29.2. The van der Waals surface area contributed by atoms with Gasteiger partial charge in [0.15, 0.2) is 5.78 Å². The van der Waals surface area contributed by atoms with Crippen LogP contribution in [0.1, 0.15) is 59.8 Å². The van der Waals surface area contributed by atoms with Crippen LogP contribution in [0.15, 0.2) is 23.4 Å². The number of carbonyl (C=O) groups excluding carboxylic acids is 1. The van der Waals surface area contributed by atoms with Crippen molar-refractivity contribution >= 4 is 5.78 Å². The van der Waals surface area contributed by atoms with Gasteiger partial charge in [0, 0.05) is 30.4 Å². The van der Waals surface area contributed by atoms with Crippen LogP contribution in [0.25, 0.3) is 11.3 Å². The largest absolute Gasteiger partial charge is 0.375 e. The van der Waals surface area contributed by atoms with Gasteiger partial charge in [-0.1, -0.05) is 12.1 Å². The van der Waals surface area contributed by atoms with Crippen molar-refractivity contribution in [1.29, 1.82) is 0 Å². The third-order valence-corrected chi connectivity index (χ3v) is 5.92.